The number of carbonyl (C=O) groups is 2. The molecule has 1 N–H and O–H groups in total. The van der Waals surface area contributed by atoms with Gasteiger partial charge in [-0.15, -0.1) is 11.8 Å². The number of nitrogens with zero attached hydrogens (tertiary/aromatic N) is 1. The first kappa shape index (κ1) is 14.2. The number of carboxylic acid groups (broad SMARTS) is 1. The van der Waals surface area contributed by atoms with E-state index in [1.54, 1.807) is 0 Å². The second-order valence-corrected chi connectivity index (χ2v) is 6.24. The zero-order valence-electron chi connectivity index (χ0n) is 11.7. The van der Waals surface area contributed by atoms with Gasteiger partial charge in [0.1, 0.15) is 6.54 Å². The molecule has 0 saturated carbocycles. The average molecular weight is 303 g/mol. The summed E-state index contributed by atoms with van der Waals surface area (Å²) in [7, 11) is 0. The fraction of sp³-hybridized carbons (Fsp3) is 0.375. The second-order valence-electron chi connectivity index (χ2n) is 5.38. The van der Waals surface area contributed by atoms with Crippen molar-refractivity contribution >= 4 is 29.3 Å². The minimum atomic E-state index is -0.987. The predicted molar refractivity (Wildman–Crippen MR) is 82.9 cm³/mol. The Morgan fingerprint density at radius 1 is 1.24 bits per heavy atom. The van der Waals surface area contributed by atoms with Crippen LogP contribution in [0.2, 0.25) is 0 Å². The van der Waals surface area contributed by atoms with Crippen LogP contribution in [0, 0.1) is 0 Å². The maximum absolute atomic E-state index is 12.0. The molecule has 2 aliphatic rings. The van der Waals surface area contributed by atoms with Crippen molar-refractivity contribution in [2.75, 3.05) is 12.3 Å². The standard InChI is InChI=1S/C16H17NO3S/c18-15-10-21-9-14(17(15)8-16(19)20)13-6-5-11-3-1-2-4-12(11)7-13/h5-7,9H,1-4,8,10H2,(H,19,20). The smallest absolute Gasteiger partial charge is 0.323 e. The largest absolute Gasteiger partial charge is 0.480 e. The van der Waals surface area contributed by atoms with Gasteiger partial charge in [0.05, 0.1) is 11.4 Å². The number of carboxylic acids is 1. The van der Waals surface area contributed by atoms with Gasteiger partial charge in [0.2, 0.25) is 5.91 Å². The molecule has 1 heterocycles. The highest BCUT2D eigenvalue weighted by Gasteiger charge is 2.25. The molecule has 0 bridgehead atoms. The van der Waals surface area contributed by atoms with Crippen LogP contribution >= 0.6 is 11.8 Å². The van der Waals surface area contributed by atoms with Gasteiger partial charge in [-0.3, -0.25) is 14.5 Å². The number of rotatable bonds is 3. The molecule has 110 valence electrons. The van der Waals surface area contributed by atoms with Gasteiger partial charge < -0.3 is 5.11 Å². The Hall–Kier alpha value is -1.75. The molecule has 0 unspecified atom stereocenters. The summed E-state index contributed by atoms with van der Waals surface area (Å²) in [6.07, 6.45) is 4.61. The highest BCUT2D eigenvalue weighted by Crippen LogP contribution is 2.31. The van der Waals surface area contributed by atoms with Crippen LogP contribution in [0.25, 0.3) is 5.70 Å². The molecule has 0 fully saturated rings. The molecule has 1 aromatic carbocycles. The Bertz CT molecular complexity index is 624. The third-order valence-electron chi connectivity index (χ3n) is 3.93. The fourth-order valence-corrected chi connectivity index (χ4v) is 3.70. The molecule has 0 spiro atoms. The number of aryl methyl sites for hydroxylation is 2. The topological polar surface area (TPSA) is 57.6 Å². The summed E-state index contributed by atoms with van der Waals surface area (Å²) in [6, 6.07) is 6.24. The van der Waals surface area contributed by atoms with Crippen LogP contribution in [0.15, 0.2) is 23.6 Å². The van der Waals surface area contributed by atoms with Gasteiger partial charge in [0.25, 0.3) is 0 Å². The molecular formula is C16H17NO3S. The summed E-state index contributed by atoms with van der Waals surface area (Å²) in [6.45, 7) is -0.275. The average Bonchev–Trinajstić information content (AvgIpc) is 2.48. The van der Waals surface area contributed by atoms with E-state index in [4.69, 9.17) is 5.11 Å². The molecule has 3 rings (SSSR count). The minimum absolute atomic E-state index is 0.141. The first-order valence-corrected chi connectivity index (χ1v) is 8.16. The van der Waals surface area contributed by atoms with E-state index in [2.05, 4.69) is 12.1 Å². The van der Waals surface area contributed by atoms with Crippen molar-refractivity contribution in [1.29, 1.82) is 0 Å². The van der Waals surface area contributed by atoms with Crippen LogP contribution in [-0.4, -0.2) is 34.2 Å². The lowest BCUT2D eigenvalue weighted by molar-refractivity contribution is -0.141. The Kier molecular flexibility index (Phi) is 4.01. The van der Waals surface area contributed by atoms with E-state index in [9.17, 15) is 9.59 Å². The molecule has 0 saturated heterocycles. The minimum Gasteiger partial charge on any atom is -0.480 e. The summed E-state index contributed by atoms with van der Waals surface area (Å²) in [4.78, 5) is 24.4. The van der Waals surface area contributed by atoms with Crippen LogP contribution in [-0.2, 0) is 22.4 Å². The number of fused-ring (bicyclic) bond motifs is 1. The van der Waals surface area contributed by atoms with Gasteiger partial charge >= 0.3 is 5.97 Å². The van der Waals surface area contributed by atoms with E-state index in [0.29, 0.717) is 11.4 Å². The highest BCUT2D eigenvalue weighted by atomic mass is 32.2. The summed E-state index contributed by atoms with van der Waals surface area (Å²) in [5.41, 5.74) is 4.37. The molecule has 1 aliphatic carbocycles. The summed E-state index contributed by atoms with van der Waals surface area (Å²) >= 11 is 1.43. The second kappa shape index (κ2) is 5.93. The van der Waals surface area contributed by atoms with Crippen molar-refractivity contribution < 1.29 is 14.7 Å². The number of carbonyl (C=O) groups excluding carboxylic acids is 1. The Morgan fingerprint density at radius 2 is 2.00 bits per heavy atom. The van der Waals surface area contributed by atoms with Crippen molar-refractivity contribution in [3.05, 3.63) is 40.3 Å². The summed E-state index contributed by atoms with van der Waals surface area (Å²) in [5.74, 6) is -0.821. The van der Waals surface area contributed by atoms with Gasteiger partial charge in [-0.05, 0) is 53.8 Å². The van der Waals surface area contributed by atoms with Gasteiger partial charge in [-0.2, -0.15) is 0 Å². The van der Waals surface area contributed by atoms with Crippen LogP contribution in [0.1, 0.15) is 29.5 Å². The lowest BCUT2D eigenvalue weighted by Crippen LogP contribution is -2.37. The summed E-state index contributed by atoms with van der Waals surface area (Å²) in [5, 5.41) is 10.9. The predicted octanol–water partition coefficient (Wildman–Crippen LogP) is 2.52. The molecule has 0 radical (unpaired) electrons. The van der Waals surface area contributed by atoms with E-state index in [1.807, 2.05) is 11.5 Å². The molecule has 1 aromatic rings. The number of hydrogen-bond donors (Lipinski definition) is 1. The Balaban J connectivity index is 1.95. The molecule has 1 amide bonds. The third-order valence-corrected chi connectivity index (χ3v) is 4.73. The fourth-order valence-electron chi connectivity index (χ4n) is 2.89. The van der Waals surface area contributed by atoms with Crippen LogP contribution in [0.3, 0.4) is 0 Å². The van der Waals surface area contributed by atoms with Crippen LogP contribution in [0.5, 0.6) is 0 Å². The number of thioether (sulfide) groups is 1. The number of aliphatic carboxylic acids is 1. The molecule has 4 nitrogen and oxygen atoms in total. The van der Waals surface area contributed by atoms with E-state index in [1.165, 1.54) is 40.6 Å². The maximum atomic E-state index is 12.0. The van der Waals surface area contributed by atoms with E-state index < -0.39 is 5.97 Å². The van der Waals surface area contributed by atoms with Gasteiger partial charge in [-0.1, -0.05) is 12.1 Å². The monoisotopic (exact) mass is 303 g/mol. The van der Waals surface area contributed by atoms with Crippen molar-refractivity contribution in [3.63, 3.8) is 0 Å². The Labute approximate surface area is 127 Å². The zero-order valence-corrected chi connectivity index (χ0v) is 12.5. The summed E-state index contributed by atoms with van der Waals surface area (Å²) < 4.78 is 0. The lowest BCUT2D eigenvalue weighted by atomic mass is 9.90. The van der Waals surface area contributed by atoms with Gasteiger partial charge in [0, 0.05) is 0 Å². The van der Waals surface area contributed by atoms with Crippen LogP contribution in [0.4, 0.5) is 0 Å². The molecule has 0 aromatic heterocycles. The van der Waals surface area contributed by atoms with Gasteiger partial charge in [-0.25, -0.2) is 0 Å². The molecule has 5 heteroatoms. The molecular weight excluding hydrogens is 286 g/mol. The Morgan fingerprint density at radius 3 is 2.76 bits per heavy atom. The highest BCUT2D eigenvalue weighted by molar-refractivity contribution is 8.03. The molecule has 0 atom stereocenters. The van der Waals surface area contributed by atoms with Gasteiger partial charge in [0.15, 0.2) is 0 Å². The van der Waals surface area contributed by atoms with E-state index in [-0.39, 0.29) is 12.5 Å². The molecule has 1 aliphatic heterocycles. The van der Waals surface area contributed by atoms with E-state index >= 15 is 0 Å². The number of benzene rings is 1. The number of hydrogen-bond acceptors (Lipinski definition) is 3. The maximum Gasteiger partial charge on any atom is 0.323 e. The zero-order chi connectivity index (χ0) is 14.8. The third kappa shape index (κ3) is 2.97. The van der Waals surface area contributed by atoms with Crippen molar-refractivity contribution in [2.24, 2.45) is 0 Å². The first-order chi connectivity index (χ1) is 10.1. The molecule has 21 heavy (non-hydrogen) atoms. The quantitative estimate of drug-likeness (QED) is 0.932. The van der Waals surface area contributed by atoms with Crippen molar-refractivity contribution in [1.82, 2.24) is 4.90 Å². The van der Waals surface area contributed by atoms with Crippen molar-refractivity contribution in [2.45, 2.75) is 25.7 Å². The van der Waals surface area contributed by atoms with Crippen LogP contribution < -0.4 is 0 Å². The van der Waals surface area contributed by atoms with E-state index in [0.717, 1.165) is 18.4 Å². The first-order valence-electron chi connectivity index (χ1n) is 7.11. The lowest BCUT2D eigenvalue weighted by Gasteiger charge is -2.28. The number of amides is 1. The SMILES string of the molecule is O=C(O)CN1C(=O)CSC=C1c1ccc2c(c1)CCCC2. The van der Waals surface area contributed by atoms with Crippen molar-refractivity contribution in [3.8, 4) is 0 Å². The normalized spacial score (nSPS) is 18.2.